The zero-order chi connectivity index (χ0) is 55.7. The van der Waals surface area contributed by atoms with Crippen molar-refractivity contribution < 1.29 is 37.3 Å². The molecule has 0 aromatic rings. The van der Waals surface area contributed by atoms with Crippen LogP contribution in [-0.2, 0) is 27.9 Å². The predicted octanol–water partition coefficient (Wildman–Crippen LogP) is 18.1. The molecular weight excluding hydrogens is 964 g/mol. The molecule has 0 bridgehead atoms. The van der Waals surface area contributed by atoms with Crippen LogP contribution in [0, 0.1) is 0 Å². The summed E-state index contributed by atoms with van der Waals surface area (Å²) in [6.07, 6.45) is 75.9. The Kier molecular flexibility index (Phi) is 52.2. The van der Waals surface area contributed by atoms with Gasteiger partial charge in [-0.1, -0.05) is 220 Å². The summed E-state index contributed by atoms with van der Waals surface area (Å²) < 4.78 is 30.2. The molecular formula is C66H113N2O7P. The van der Waals surface area contributed by atoms with Gasteiger partial charge in [0.15, 0.2) is 0 Å². The van der Waals surface area contributed by atoms with Crippen LogP contribution in [0.1, 0.15) is 233 Å². The maximum Gasteiger partial charge on any atom is 0.306 e. The molecule has 0 aromatic heterocycles. The zero-order valence-corrected chi connectivity index (χ0v) is 50.3. The van der Waals surface area contributed by atoms with Gasteiger partial charge in [0.25, 0.3) is 7.82 Å². The van der Waals surface area contributed by atoms with Crippen LogP contribution in [-0.4, -0.2) is 69.4 Å². The molecule has 0 saturated carbocycles. The average Bonchev–Trinajstić information content (AvgIpc) is 3.38. The van der Waals surface area contributed by atoms with Crippen molar-refractivity contribution in [2.45, 2.75) is 245 Å². The maximum atomic E-state index is 13.5. The van der Waals surface area contributed by atoms with Gasteiger partial charge in [0, 0.05) is 12.8 Å². The fraction of sp³-hybridized carbons (Fsp3) is 0.667. The van der Waals surface area contributed by atoms with Gasteiger partial charge in [-0.15, -0.1) is 0 Å². The van der Waals surface area contributed by atoms with E-state index in [0.717, 1.165) is 109 Å². The van der Waals surface area contributed by atoms with E-state index < -0.39 is 26.6 Å². The number of ether oxygens (including phenoxy) is 1. The van der Waals surface area contributed by atoms with Gasteiger partial charge in [0.05, 0.1) is 33.8 Å². The van der Waals surface area contributed by atoms with E-state index >= 15 is 0 Å². The summed E-state index contributed by atoms with van der Waals surface area (Å²) in [7, 11) is 1.12. The van der Waals surface area contributed by atoms with Gasteiger partial charge in [-0.2, -0.15) is 0 Å². The fourth-order valence-corrected chi connectivity index (χ4v) is 8.66. The molecule has 1 N–H and O–H groups in total. The Morgan fingerprint density at radius 1 is 0.474 bits per heavy atom. The molecule has 3 unspecified atom stereocenters. The number of likely N-dealkylation sites (N-methyl/N-ethyl adjacent to an activating group) is 1. The van der Waals surface area contributed by atoms with Crippen LogP contribution >= 0.6 is 7.82 Å². The minimum atomic E-state index is -4.72. The van der Waals surface area contributed by atoms with Crippen molar-refractivity contribution in [2.24, 2.45) is 0 Å². The van der Waals surface area contributed by atoms with Crippen LogP contribution in [0.15, 0.2) is 122 Å². The minimum Gasteiger partial charge on any atom is -0.756 e. The van der Waals surface area contributed by atoms with Crippen LogP contribution in [0.2, 0.25) is 0 Å². The van der Waals surface area contributed by atoms with Crippen molar-refractivity contribution >= 4 is 19.7 Å². The SMILES string of the molecule is CC/C=C\C/C=C\C/C=C\C/C=C\C/C=C\CCCCCC(=O)NC(COP(=O)([O-])OCC[N+](C)(C)C)C(/C=C/CCCCCCCCCCCC)OC(=O)CCCCC/C=C\C/C=C\C/C=C\C/C=C\CCCCC. The van der Waals surface area contributed by atoms with Gasteiger partial charge in [-0.05, 0) is 122 Å². The molecule has 0 heterocycles. The monoisotopic (exact) mass is 1080 g/mol. The number of unbranched alkanes of at least 4 members (excludes halogenated alkanes) is 19. The van der Waals surface area contributed by atoms with E-state index in [9.17, 15) is 19.0 Å². The molecule has 1 amide bonds. The third kappa shape index (κ3) is 55.2. The Morgan fingerprint density at radius 3 is 1.29 bits per heavy atom. The van der Waals surface area contributed by atoms with Crippen molar-refractivity contribution in [1.29, 1.82) is 0 Å². The molecule has 3 atom stereocenters. The lowest BCUT2D eigenvalue weighted by Gasteiger charge is -2.30. The van der Waals surface area contributed by atoms with Crippen molar-refractivity contribution in [2.75, 3.05) is 40.9 Å². The number of hydrogen-bond donors (Lipinski definition) is 1. The Hall–Kier alpha value is -3.59. The van der Waals surface area contributed by atoms with E-state index in [1.807, 2.05) is 33.3 Å². The Morgan fingerprint density at radius 2 is 0.842 bits per heavy atom. The van der Waals surface area contributed by atoms with Crippen LogP contribution < -0.4 is 10.2 Å². The number of carbonyl (C=O) groups is 2. The normalized spacial score (nSPS) is 14.6. The second-order valence-corrected chi connectivity index (χ2v) is 22.5. The molecule has 434 valence electrons. The summed E-state index contributed by atoms with van der Waals surface area (Å²) in [6, 6.07) is -0.927. The standard InChI is InChI=1S/C66H113N2O7P/c1-7-10-13-16-19-22-25-28-30-32-34-36-38-40-43-46-49-52-55-58-65(69)67-63(62-74-76(71,72)73-61-60-68(4,5)6)64(57-54-51-48-45-42-27-24-21-18-15-12-9-3)75-66(70)59-56-53-50-47-44-41-39-37-35-33-31-29-26-23-20-17-14-11-8-2/h10,13,19-20,22-23,28-31,34-37,40-41,43-44,54,57,63-64H,7-9,11-12,14-18,21,24-27,32-33,38-39,42,45-53,55-56,58-62H2,1-6H3,(H-,67,69,71,72)/b13-10-,22-19-,23-20-,30-28-,31-29-,36-34-,37-35-,43-40-,44-41-,57-54+. The first-order valence-electron chi connectivity index (χ1n) is 30.3. The second-order valence-electron chi connectivity index (χ2n) is 21.1. The van der Waals surface area contributed by atoms with Crippen LogP contribution in [0.25, 0.3) is 0 Å². The van der Waals surface area contributed by atoms with Crippen LogP contribution in [0.3, 0.4) is 0 Å². The van der Waals surface area contributed by atoms with E-state index in [2.05, 4.69) is 135 Å². The average molecular weight is 1080 g/mol. The van der Waals surface area contributed by atoms with E-state index in [4.69, 9.17) is 13.8 Å². The summed E-state index contributed by atoms with van der Waals surface area (Å²) >= 11 is 0. The highest BCUT2D eigenvalue weighted by molar-refractivity contribution is 7.45. The summed E-state index contributed by atoms with van der Waals surface area (Å²) in [6.45, 7) is 6.63. The maximum absolute atomic E-state index is 13.5. The molecule has 0 spiro atoms. The second kappa shape index (κ2) is 54.8. The predicted molar refractivity (Wildman–Crippen MR) is 325 cm³/mol. The molecule has 9 nitrogen and oxygen atoms in total. The van der Waals surface area contributed by atoms with Gasteiger partial charge in [0.2, 0.25) is 5.91 Å². The highest BCUT2D eigenvalue weighted by Gasteiger charge is 2.27. The number of esters is 1. The summed E-state index contributed by atoms with van der Waals surface area (Å²) in [5, 5.41) is 3.00. The van der Waals surface area contributed by atoms with Gasteiger partial charge in [-0.25, -0.2) is 0 Å². The molecule has 10 heteroatoms. The first-order valence-corrected chi connectivity index (χ1v) is 31.8. The molecule has 0 aliphatic heterocycles. The number of rotatable bonds is 53. The Bertz CT molecular complexity index is 1720. The molecule has 0 radical (unpaired) electrons. The number of quaternary nitrogens is 1. The fourth-order valence-electron chi connectivity index (χ4n) is 7.94. The lowest BCUT2D eigenvalue weighted by atomic mass is 10.1. The van der Waals surface area contributed by atoms with Gasteiger partial charge < -0.3 is 28.5 Å². The third-order valence-electron chi connectivity index (χ3n) is 12.6. The molecule has 76 heavy (non-hydrogen) atoms. The van der Waals surface area contributed by atoms with Crippen molar-refractivity contribution in [3.63, 3.8) is 0 Å². The van der Waals surface area contributed by atoms with E-state index in [-0.39, 0.29) is 31.3 Å². The first-order chi connectivity index (χ1) is 36.9. The molecule has 0 saturated heterocycles. The van der Waals surface area contributed by atoms with Crippen molar-refractivity contribution in [3.8, 4) is 0 Å². The number of nitrogens with one attached hydrogen (secondary N) is 1. The van der Waals surface area contributed by atoms with Crippen LogP contribution in [0.4, 0.5) is 0 Å². The molecule has 0 aliphatic rings. The summed E-state index contributed by atoms with van der Waals surface area (Å²) in [5.41, 5.74) is 0. The number of allylic oxidation sites excluding steroid dienone is 19. The lowest BCUT2D eigenvalue weighted by Crippen LogP contribution is -2.47. The third-order valence-corrected chi connectivity index (χ3v) is 13.6. The first kappa shape index (κ1) is 72.4. The lowest BCUT2D eigenvalue weighted by molar-refractivity contribution is -0.870. The van der Waals surface area contributed by atoms with Gasteiger partial charge in [0.1, 0.15) is 19.3 Å². The highest BCUT2D eigenvalue weighted by Crippen LogP contribution is 2.38. The topological polar surface area (TPSA) is 114 Å². The smallest absolute Gasteiger partial charge is 0.306 e. The van der Waals surface area contributed by atoms with E-state index in [1.54, 1.807) is 0 Å². The largest absolute Gasteiger partial charge is 0.756 e. The summed E-state index contributed by atoms with van der Waals surface area (Å²) in [4.78, 5) is 39.9. The Labute approximate surface area is 467 Å². The van der Waals surface area contributed by atoms with Crippen molar-refractivity contribution in [1.82, 2.24) is 5.32 Å². The van der Waals surface area contributed by atoms with E-state index in [0.29, 0.717) is 23.9 Å². The molecule has 0 rings (SSSR count). The number of phosphoric acid groups is 1. The highest BCUT2D eigenvalue weighted by atomic mass is 31.2. The quantitative estimate of drug-likeness (QED) is 0.0212. The summed E-state index contributed by atoms with van der Waals surface area (Å²) in [5.74, 6) is -0.624. The number of nitrogens with zero attached hydrogens (tertiary/aromatic N) is 1. The molecule has 0 aromatic carbocycles. The molecule has 0 fully saturated rings. The number of carbonyl (C=O) groups excluding carboxylic acids is 2. The van der Waals surface area contributed by atoms with E-state index in [1.165, 1.54) is 77.0 Å². The number of amides is 1. The number of hydrogen-bond acceptors (Lipinski definition) is 7. The zero-order valence-electron chi connectivity index (χ0n) is 49.4. The molecule has 0 aliphatic carbocycles. The Balaban J connectivity index is 5.43. The number of phosphoric ester groups is 1. The van der Waals surface area contributed by atoms with Crippen LogP contribution in [0.5, 0.6) is 0 Å². The minimum absolute atomic E-state index is 0.0412. The van der Waals surface area contributed by atoms with Gasteiger partial charge >= 0.3 is 5.97 Å². The van der Waals surface area contributed by atoms with Crippen molar-refractivity contribution in [3.05, 3.63) is 122 Å². The van der Waals surface area contributed by atoms with Gasteiger partial charge in [-0.3, -0.25) is 14.2 Å².